The van der Waals surface area contributed by atoms with Crippen LogP contribution in [0.2, 0.25) is 0 Å². The molecule has 23 heavy (non-hydrogen) atoms. The topological polar surface area (TPSA) is 62.2 Å². The minimum absolute atomic E-state index is 0.0121. The van der Waals surface area contributed by atoms with Gasteiger partial charge >= 0.3 is 0 Å². The lowest BCUT2D eigenvalue weighted by Gasteiger charge is -2.29. The van der Waals surface area contributed by atoms with E-state index in [1.807, 2.05) is 0 Å². The molecule has 1 fully saturated rings. The molecule has 2 rings (SSSR count). The number of likely N-dealkylation sites (N-methyl/N-ethyl adjacent to an activating group) is 1. The third-order valence-corrected chi connectivity index (χ3v) is 3.56. The lowest BCUT2D eigenvalue weighted by Crippen LogP contribution is -2.46. The maximum atomic E-state index is 13.4. The van der Waals surface area contributed by atoms with Crippen LogP contribution in [0.3, 0.4) is 0 Å². The summed E-state index contributed by atoms with van der Waals surface area (Å²) in [6, 6.07) is 6.05. The largest absolute Gasteiger partial charge is 0.488 e. The summed E-state index contributed by atoms with van der Waals surface area (Å²) < 4.78 is 23.9. The van der Waals surface area contributed by atoms with E-state index < -0.39 is 11.9 Å². The highest BCUT2D eigenvalue weighted by Gasteiger charge is 2.19. The number of rotatable bonds is 7. The van der Waals surface area contributed by atoms with Crippen molar-refractivity contribution in [2.75, 3.05) is 53.0 Å². The van der Waals surface area contributed by atoms with Crippen molar-refractivity contribution in [1.82, 2.24) is 9.80 Å². The standard InChI is InChI=1S/C16H23FN2O4/c1-18(11-16(21)19-6-8-22-9-7-19)10-13(20)12-23-15-5-3-2-4-14(15)17/h2-5,13,20H,6-12H2,1H3. The molecule has 1 aliphatic heterocycles. The highest BCUT2D eigenvalue weighted by atomic mass is 19.1. The first-order valence-corrected chi connectivity index (χ1v) is 7.65. The number of amides is 1. The molecule has 128 valence electrons. The maximum Gasteiger partial charge on any atom is 0.236 e. The fourth-order valence-corrected chi connectivity index (χ4v) is 2.37. The van der Waals surface area contributed by atoms with Gasteiger partial charge in [0.25, 0.3) is 0 Å². The van der Waals surface area contributed by atoms with Gasteiger partial charge in [0, 0.05) is 19.6 Å². The van der Waals surface area contributed by atoms with E-state index in [2.05, 4.69) is 0 Å². The minimum Gasteiger partial charge on any atom is -0.488 e. The summed E-state index contributed by atoms with van der Waals surface area (Å²) in [6.07, 6.45) is -0.808. The summed E-state index contributed by atoms with van der Waals surface area (Å²) in [7, 11) is 1.75. The van der Waals surface area contributed by atoms with Gasteiger partial charge in [-0.3, -0.25) is 9.69 Å². The van der Waals surface area contributed by atoms with Gasteiger partial charge in [-0.25, -0.2) is 4.39 Å². The van der Waals surface area contributed by atoms with Gasteiger partial charge in [0.15, 0.2) is 11.6 Å². The number of carbonyl (C=O) groups is 1. The van der Waals surface area contributed by atoms with E-state index in [9.17, 15) is 14.3 Å². The Bertz CT molecular complexity index is 509. The third kappa shape index (κ3) is 5.78. The SMILES string of the molecule is CN(CC(=O)N1CCOCC1)CC(O)COc1ccccc1F. The van der Waals surface area contributed by atoms with E-state index in [1.165, 1.54) is 12.1 Å². The number of nitrogens with zero attached hydrogens (tertiary/aromatic N) is 2. The number of aliphatic hydroxyl groups is 1. The van der Waals surface area contributed by atoms with Gasteiger partial charge < -0.3 is 19.5 Å². The normalized spacial score (nSPS) is 16.4. The number of hydrogen-bond acceptors (Lipinski definition) is 5. The summed E-state index contributed by atoms with van der Waals surface area (Å²) >= 11 is 0. The monoisotopic (exact) mass is 326 g/mol. The zero-order valence-electron chi connectivity index (χ0n) is 13.3. The Labute approximate surface area is 135 Å². The van der Waals surface area contributed by atoms with Crippen LogP contribution in [0.4, 0.5) is 4.39 Å². The van der Waals surface area contributed by atoms with Gasteiger partial charge in [-0.05, 0) is 19.2 Å². The summed E-state index contributed by atoms with van der Waals surface area (Å²) in [5, 5.41) is 9.96. The van der Waals surface area contributed by atoms with Crippen LogP contribution in [0.1, 0.15) is 0 Å². The van der Waals surface area contributed by atoms with Crippen LogP contribution in [0.5, 0.6) is 5.75 Å². The molecular formula is C16H23FN2O4. The second-order valence-corrected chi connectivity index (χ2v) is 5.59. The number of morpholine rings is 1. The smallest absolute Gasteiger partial charge is 0.236 e. The van der Waals surface area contributed by atoms with Gasteiger partial charge in [-0.2, -0.15) is 0 Å². The van der Waals surface area contributed by atoms with Crippen molar-refractivity contribution >= 4 is 5.91 Å². The van der Waals surface area contributed by atoms with Crippen molar-refractivity contribution in [3.05, 3.63) is 30.1 Å². The van der Waals surface area contributed by atoms with Crippen LogP contribution >= 0.6 is 0 Å². The molecule has 0 radical (unpaired) electrons. The van der Waals surface area contributed by atoms with E-state index >= 15 is 0 Å². The average molecular weight is 326 g/mol. The number of carbonyl (C=O) groups excluding carboxylic acids is 1. The van der Waals surface area contributed by atoms with Gasteiger partial charge in [0.1, 0.15) is 12.7 Å². The molecule has 0 spiro atoms. The maximum absolute atomic E-state index is 13.4. The Kier molecular flexibility index (Phi) is 6.76. The van der Waals surface area contributed by atoms with Crippen LogP contribution < -0.4 is 4.74 Å². The second kappa shape index (κ2) is 8.81. The van der Waals surface area contributed by atoms with Crippen LogP contribution in [-0.2, 0) is 9.53 Å². The summed E-state index contributed by atoms with van der Waals surface area (Å²) in [4.78, 5) is 15.6. The van der Waals surface area contributed by atoms with Gasteiger partial charge in [0.2, 0.25) is 5.91 Å². The Morgan fingerprint density at radius 3 is 2.83 bits per heavy atom. The molecule has 0 aliphatic carbocycles. The van der Waals surface area contributed by atoms with E-state index in [-0.39, 0.29) is 31.4 Å². The molecule has 1 N–H and O–H groups in total. The zero-order valence-corrected chi connectivity index (χ0v) is 13.3. The van der Waals surface area contributed by atoms with Crippen LogP contribution in [0.15, 0.2) is 24.3 Å². The highest BCUT2D eigenvalue weighted by molar-refractivity contribution is 5.78. The molecule has 0 bridgehead atoms. The molecule has 1 atom stereocenters. The number of benzene rings is 1. The van der Waals surface area contributed by atoms with E-state index in [4.69, 9.17) is 9.47 Å². The van der Waals surface area contributed by atoms with Crippen LogP contribution in [0.25, 0.3) is 0 Å². The lowest BCUT2D eigenvalue weighted by atomic mass is 10.3. The zero-order chi connectivity index (χ0) is 16.7. The molecular weight excluding hydrogens is 303 g/mol. The van der Waals surface area contributed by atoms with Crippen molar-refractivity contribution < 1.29 is 23.8 Å². The molecule has 0 aromatic heterocycles. The first kappa shape index (κ1) is 17.7. The Morgan fingerprint density at radius 1 is 1.43 bits per heavy atom. The van der Waals surface area contributed by atoms with E-state index in [0.29, 0.717) is 26.3 Å². The first-order valence-electron chi connectivity index (χ1n) is 7.65. The van der Waals surface area contributed by atoms with Crippen LogP contribution in [0, 0.1) is 5.82 Å². The number of para-hydroxylation sites is 1. The Balaban J connectivity index is 1.70. The molecule has 6 nitrogen and oxygen atoms in total. The Hall–Kier alpha value is -1.70. The number of aliphatic hydroxyl groups excluding tert-OH is 1. The molecule has 1 saturated heterocycles. The number of halogens is 1. The van der Waals surface area contributed by atoms with Crippen molar-refractivity contribution in [2.45, 2.75) is 6.10 Å². The molecule has 1 amide bonds. The summed E-state index contributed by atoms with van der Waals surface area (Å²) in [5.74, 6) is -0.341. The van der Waals surface area contributed by atoms with Crippen molar-refractivity contribution in [3.8, 4) is 5.75 Å². The molecule has 1 heterocycles. The molecule has 1 unspecified atom stereocenters. The minimum atomic E-state index is -0.808. The first-order chi connectivity index (χ1) is 11.1. The number of ether oxygens (including phenoxy) is 2. The van der Waals surface area contributed by atoms with Gasteiger partial charge in [-0.15, -0.1) is 0 Å². The van der Waals surface area contributed by atoms with Crippen molar-refractivity contribution in [2.24, 2.45) is 0 Å². The fraction of sp³-hybridized carbons (Fsp3) is 0.562. The third-order valence-electron chi connectivity index (χ3n) is 3.56. The average Bonchev–Trinajstić information content (AvgIpc) is 2.54. The quantitative estimate of drug-likeness (QED) is 0.784. The predicted octanol–water partition coefficient (Wildman–Crippen LogP) is 0.356. The molecule has 1 aromatic carbocycles. The van der Waals surface area contributed by atoms with Crippen molar-refractivity contribution in [1.29, 1.82) is 0 Å². The summed E-state index contributed by atoms with van der Waals surface area (Å²) in [5.41, 5.74) is 0. The van der Waals surface area contributed by atoms with E-state index in [0.717, 1.165) is 0 Å². The van der Waals surface area contributed by atoms with Crippen LogP contribution in [-0.4, -0.2) is 80.0 Å². The van der Waals surface area contributed by atoms with Gasteiger partial charge in [0.05, 0.1) is 19.8 Å². The summed E-state index contributed by atoms with van der Waals surface area (Å²) in [6.45, 7) is 2.79. The lowest BCUT2D eigenvalue weighted by molar-refractivity contribution is -0.136. The highest BCUT2D eigenvalue weighted by Crippen LogP contribution is 2.15. The van der Waals surface area contributed by atoms with Gasteiger partial charge in [-0.1, -0.05) is 12.1 Å². The molecule has 1 aliphatic rings. The second-order valence-electron chi connectivity index (χ2n) is 5.59. The fourth-order valence-electron chi connectivity index (χ4n) is 2.37. The predicted molar refractivity (Wildman–Crippen MR) is 82.8 cm³/mol. The van der Waals surface area contributed by atoms with E-state index in [1.54, 1.807) is 29.0 Å². The number of hydrogen-bond donors (Lipinski definition) is 1. The molecule has 1 aromatic rings. The Morgan fingerprint density at radius 2 is 2.13 bits per heavy atom. The van der Waals surface area contributed by atoms with Crippen molar-refractivity contribution in [3.63, 3.8) is 0 Å². The molecule has 0 saturated carbocycles. The molecule has 7 heteroatoms.